The molecule has 1 N–H and O–H groups in total. The van der Waals surface area contributed by atoms with Gasteiger partial charge < -0.3 is 5.32 Å². The second-order valence-corrected chi connectivity index (χ2v) is 6.39. The molecule has 0 radical (unpaired) electrons. The average Bonchev–Trinajstić information content (AvgIpc) is 2.42. The Labute approximate surface area is 127 Å². The van der Waals surface area contributed by atoms with Crippen molar-refractivity contribution in [2.45, 2.75) is 25.3 Å². The van der Waals surface area contributed by atoms with E-state index in [1.165, 1.54) is 10.5 Å². The monoisotopic (exact) mass is 336 g/mol. The minimum atomic E-state index is 0.797. The molecule has 1 aromatic heterocycles. The van der Waals surface area contributed by atoms with Gasteiger partial charge in [0.15, 0.2) is 0 Å². The second kappa shape index (κ2) is 6.96. The van der Waals surface area contributed by atoms with Crippen LogP contribution in [0.15, 0.2) is 45.8 Å². The first-order valence-corrected chi connectivity index (χ1v) is 8.05. The molecule has 0 saturated heterocycles. The van der Waals surface area contributed by atoms with Crippen molar-refractivity contribution >= 4 is 33.5 Å². The van der Waals surface area contributed by atoms with Gasteiger partial charge in [0.1, 0.15) is 5.82 Å². The third-order valence-electron chi connectivity index (χ3n) is 2.73. The van der Waals surface area contributed by atoms with Crippen LogP contribution in [0.3, 0.4) is 0 Å². The van der Waals surface area contributed by atoms with Gasteiger partial charge in [0.2, 0.25) is 0 Å². The van der Waals surface area contributed by atoms with Crippen molar-refractivity contribution in [3.63, 3.8) is 0 Å². The molecular formula is C15H17BrN2S. The molecule has 0 saturated carbocycles. The molecule has 0 aliphatic rings. The van der Waals surface area contributed by atoms with Gasteiger partial charge in [-0.15, -0.1) is 11.8 Å². The van der Waals surface area contributed by atoms with Crippen LogP contribution in [-0.4, -0.2) is 10.7 Å². The zero-order valence-electron chi connectivity index (χ0n) is 11.1. The van der Waals surface area contributed by atoms with Gasteiger partial charge in [0.05, 0.1) is 5.69 Å². The van der Waals surface area contributed by atoms with Gasteiger partial charge in [-0.2, -0.15) is 0 Å². The van der Waals surface area contributed by atoms with Crippen LogP contribution in [0.25, 0.3) is 0 Å². The fourth-order valence-corrected chi connectivity index (χ4v) is 2.59. The van der Waals surface area contributed by atoms with E-state index in [1.54, 1.807) is 0 Å². The summed E-state index contributed by atoms with van der Waals surface area (Å²) in [5.41, 5.74) is 2.27. The van der Waals surface area contributed by atoms with Crippen LogP contribution < -0.4 is 5.32 Å². The Kier molecular flexibility index (Phi) is 5.28. The second-order valence-electron chi connectivity index (χ2n) is 4.19. The number of halogens is 1. The number of rotatable bonds is 5. The van der Waals surface area contributed by atoms with Crippen LogP contribution in [0, 0.1) is 6.92 Å². The van der Waals surface area contributed by atoms with Gasteiger partial charge >= 0.3 is 0 Å². The number of nitrogens with zero attached hydrogens (tertiary/aromatic N) is 1. The van der Waals surface area contributed by atoms with E-state index in [2.05, 4.69) is 57.4 Å². The van der Waals surface area contributed by atoms with E-state index in [1.807, 2.05) is 30.8 Å². The number of benzene rings is 1. The molecule has 1 aromatic carbocycles. The fraction of sp³-hybridized carbons (Fsp3) is 0.267. The number of hydrogen-bond donors (Lipinski definition) is 1. The van der Waals surface area contributed by atoms with Crippen molar-refractivity contribution in [1.29, 1.82) is 0 Å². The van der Waals surface area contributed by atoms with Crippen molar-refractivity contribution in [2.24, 2.45) is 0 Å². The Morgan fingerprint density at radius 3 is 2.53 bits per heavy atom. The fourth-order valence-electron chi connectivity index (χ4n) is 1.71. The normalized spacial score (nSPS) is 10.5. The lowest BCUT2D eigenvalue weighted by Gasteiger charge is -2.08. The van der Waals surface area contributed by atoms with E-state index in [9.17, 15) is 0 Å². The molecule has 2 nitrogen and oxygen atoms in total. The molecule has 0 aliphatic heterocycles. The zero-order chi connectivity index (χ0) is 13.7. The topological polar surface area (TPSA) is 24.9 Å². The molecule has 0 unspecified atom stereocenters. The van der Waals surface area contributed by atoms with E-state index in [-0.39, 0.29) is 0 Å². The predicted molar refractivity (Wildman–Crippen MR) is 86.8 cm³/mol. The molecule has 0 atom stereocenters. The summed E-state index contributed by atoms with van der Waals surface area (Å²) in [6, 6.07) is 12.7. The number of aryl methyl sites for hydroxylation is 1. The molecule has 0 amide bonds. The van der Waals surface area contributed by atoms with E-state index in [0.29, 0.717) is 0 Å². The summed E-state index contributed by atoms with van der Waals surface area (Å²) < 4.78 is 1.04. The summed E-state index contributed by atoms with van der Waals surface area (Å²) in [5, 5.41) is 3.34. The van der Waals surface area contributed by atoms with Crippen molar-refractivity contribution < 1.29 is 0 Å². The molecule has 0 fully saturated rings. The quantitative estimate of drug-likeness (QED) is 0.788. The molecule has 0 spiro atoms. The van der Waals surface area contributed by atoms with E-state index >= 15 is 0 Å². The minimum absolute atomic E-state index is 0.797. The summed E-state index contributed by atoms with van der Waals surface area (Å²) in [5.74, 6) is 2.02. The Hall–Kier alpha value is -1.00. The lowest BCUT2D eigenvalue weighted by Crippen LogP contribution is -2.02. The summed E-state index contributed by atoms with van der Waals surface area (Å²) in [6.07, 6.45) is 0. The standard InChI is InChI=1S/C15H17BrN2S/c1-3-19-13-6-4-12(5-7-13)10-17-15-9-8-14(16)11(2)18-15/h4-9H,3,10H2,1-2H3,(H,17,18). The number of thioether (sulfide) groups is 1. The molecule has 2 rings (SSSR count). The third kappa shape index (κ3) is 4.25. The molecule has 1 heterocycles. The Bertz CT molecular complexity index is 540. The van der Waals surface area contributed by atoms with Gasteiger partial charge in [-0.25, -0.2) is 4.98 Å². The van der Waals surface area contributed by atoms with Crippen LogP contribution >= 0.6 is 27.7 Å². The predicted octanol–water partition coefficient (Wildman–Crippen LogP) is 4.88. The lowest BCUT2D eigenvalue weighted by molar-refractivity contribution is 1.08. The number of anilines is 1. The van der Waals surface area contributed by atoms with Gasteiger partial charge in [-0.1, -0.05) is 19.1 Å². The average molecular weight is 337 g/mol. The van der Waals surface area contributed by atoms with Crippen LogP contribution in [0.4, 0.5) is 5.82 Å². The van der Waals surface area contributed by atoms with Crippen molar-refractivity contribution in [2.75, 3.05) is 11.1 Å². The summed E-state index contributed by atoms with van der Waals surface area (Å²) in [4.78, 5) is 5.80. The highest BCUT2D eigenvalue weighted by Gasteiger charge is 1.99. The SMILES string of the molecule is CCSc1ccc(CNc2ccc(Br)c(C)n2)cc1. The largest absolute Gasteiger partial charge is 0.366 e. The molecule has 100 valence electrons. The molecule has 2 aromatic rings. The molecule has 19 heavy (non-hydrogen) atoms. The van der Waals surface area contributed by atoms with Crippen molar-refractivity contribution in [1.82, 2.24) is 4.98 Å². The van der Waals surface area contributed by atoms with Crippen LogP contribution in [0.5, 0.6) is 0 Å². The highest BCUT2D eigenvalue weighted by atomic mass is 79.9. The first kappa shape index (κ1) is 14.4. The highest BCUT2D eigenvalue weighted by molar-refractivity contribution is 9.10. The number of aromatic nitrogens is 1. The third-order valence-corrected chi connectivity index (χ3v) is 4.46. The molecule has 0 bridgehead atoms. The number of nitrogens with one attached hydrogen (secondary N) is 1. The van der Waals surface area contributed by atoms with Gasteiger partial charge in [-0.05, 0) is 58.4 Å². The van der Waals surface area contributed by atoms with Crippen LogP contribution in [0.2, 0.25) is 0 Å². The van der Waals surface area contributed by atoms with Crippen molar-refractivity contribution in [3.8, 4) is 0 Å². The zero-order valence-corrected chi connectivity index (χ0v) is 13.5. The highest BCUT2D eigenvalue weighted by Crippen LogP contribution is 2.19. The van der Waals surface area contributed by atoms with Crippen molar-refractivity contribution in [3.05, 3.63) is 52.1 Å². The molecule has 0 aliphatic carbocycles. The maximum Gasteiger partial charge on any atom is 0.126 e. The Morgan fingerprint density at radius 1 is 1.16 bits per heavy atom. The summed E-state index contributed by atoms with van der Waals surface area (Å²) in [7, 11) is 0. The number of pyridine rings is 1. The van der Waals surface area contributed by atoms with E-state index < -0.39 is 0 Å². The van der Waals surface area contributed by atoms with Gasteiger partial charge in [0, 0.05) is 15.9 Å². The van der Waals surface area contributed by atoms with Gasteiger partial charge in [0.25, 0.3) is 0 Å². The Balaban J connectivity index is 1.96. The first-order valence-electron chi connectivity index (χ1n) is 6.28. The van der Waals surface area contributed by atoms with E-state index in [4.69, 9.17) is 0 Å². The summed E-state index contributed by atoms with van der Waals surface area (Å²) in [6.45, 7) is 4.96. The lowest BCUT2D eigenvalue weighted by atomic mass is 10.2. The van der Waals surface area contributed by atoms with E-state index in [0.717, 1.165) is 28.3 Å². The number of hydrogen-bond acceptors (Lipinski definition) is 3. The van der Waals surface area contributed by atoms with Crippen LogP contribution in [0.1, 0.15) is 18.2 Å². The maximum absolute atomic E-state index is 4.47. The molecule has 4 heteroatoms. The first-order chi connectivity index (χ1) is 9.19. The molecular weight excluding hydrogens is 320 g/mol. The van der Waals surface area contributed by atoms with Gasteiger partial charge in [-0.3, -0.25) is 0 Å². The maximum atomic E-state index is 4.47. The Morgan fingerprint density at radius 2 is 1.89 bits per heavy atom. The summed E-state index contributed by atoms with van der Waals surface area (Å²) >= 11 is 5.32. The van der Waals surface area contributed by atoms with Crippen LogP contribution in [-0.2, 0) is 6.54 Å². The minimum Gasteiger partial charge on any atom is -0.366 e. The smallest absolute Gasteiger partial charge is 0.126 e.